The zero-order valence-corrected chi connectivity index (χ0v) is 12.3. The first kappa shape index (κ1) is 18.3. The molecule has 1 atom stereocenters. The van der Waals surface area contributed by atoms with E-state index in [1.807, 2.05) is 13.8 Å². The van der Waals surface area contributed by atoms with Gasteiger partial charge in [0.2, 0.25) is 5.91 Å². The van der Waals surface area contributed by atoms with E-state index in [1.54, 1.807) is 7.11 Å². The Morgan fingerprint density at radius 2 is 1.74 bits per heavy atom. The molecule has 0 aliphatic rings. The summed E-state index contributed by atoms with van der Waals surface area (Å²) in [4.78, 5) is 11.2. The Bertz CT molecular complexity index is 225. The van der Waals surface area contributed by atoms with Crippen LogP contribution in [0.4, 0.5) is 0 Å². The van der Waals surface area contributed by atoms with Crippen molar-refractivity contribution in [1.29, 1.82) is 0 Å². The molecule has 0 aliphatic heterocycles. The minimum absolute atomic E-state index is 0.228. The predicted octanol–water partition coefficient (Wildman–Crippen LogP) is 0.298. The number of hydrogen-bond donors (Lipinski definition) is 2. The molecule has 19 heavy (non-hydrogen) atoms. The lowest BCUT2D eigenvalue weighted by Gasteiger charge is -2.18. The Kier molecular flexibility index (Phi) is 11.9. The fourth-order valence-electron chi connectivity index (χ4n) is 1.52. The van der Waals surface area contributed by atoms with Crippen molar-refractivity contribution in [2.75, 3.05) is 40.1 Å². The van der Waals surface area contributed by atoms with Crippen molar-refractivity contribution in [3.8, 4) is 0 Å². The van der Waals surface area contributed by atoms with Crippen molar-refractivity contribution >= 4 is 5.91 Å². The van der Waals surface area contributed by atoms with Crippen LogP contribution in [-0.4, -0.2) is 58.1 Å². The first-order valence-electron chi connectivity index (χ1n) is 6.77. The highest BCUT2D eigenvalue weighted by Gasteiger charge is 2.15. The van der Waals surface area contributed by atoms with Gasteiger partial charge >= 0.3 is 0 Å². The Balaban J connectivity index is 3.42. The van der Waals surface area contributed by atoms with E-state index in [4.69, 9.17) is 19.9 Å². The van der Waals surface area contributed by atoms with Crippen LogP contribution in [0.3, 0.4) is 0 Å². The van der Waals surface area contributed by atoms with Crippen LogP contribution in [0.1, 0.15) is 26.7 Å². The maximum absolute atomic E-state index is 11.2. The number of primary amides is 1. The van der Waals surface area contributed by atoms with Gasteiger partial charge < -0.3 is 25.3 Å². The van der Waals surface area contributed by atoms with Gasteiger partial charge in [0.15, 0.2) is 0 Å². The summed E-state index contributed by atoms with van der Waals surface area (Å²) in [5.74, 6) is -0.333. The molecule has 0 heterocycles. The third-order valence-corrected chi connectivity index (χ3v) is 2.44. The SMILES string of the molecule is COCCOCCCOCCC(NC(C)C)C(N)=O. The van der Waals surface area contributed by atoms with Crippen LogP contribution in [0.5, 0.6) is 0 Å². The van der Waals surface area contributed by atoms with E-state index in [0.717, 1.165) is 6.42 Å². The highest BCUT2D eigenvalue weighted by Crippen LogP contribution is 1.96. The van der Waals surface area contributed by atoms with Gasteiger partial charge in [0.1, 0.15) is 0 Å². The van der Waals surface area contributed by atoms with Gasteiger partial charge in [0.05, 0.1) is 19.3 Å². The third-order valence-electron chi connectivity index (χ3n) is 2.44. The molecule has 114 valence electrons. The Labute approximate surface area is 116 Å². The summed E-state index contributed by atoms with van der Waals surface area (Å²) in [6.45, 7) is 6.99. The van der Waals surface area contributed by atoms with Crippen LogP contribution in [0.25, 0.3) is 0 Å². The molecule has 1 unspecified atom stereocenters. The van der Waals surface area contributed by atoms with Crippen molar-refractivity contribution in [2.24, 2.45) is 5.73 Å². The molecule has 0 saturated carbocycles. The highest BCUT2D eigenvalue weighted by molar-refractivity contribution is 5.79. The van der Waals surface area contributed by atoms with E-state index in [9.17, 15) is 4.79 Å². The quantitative estimate of drug-likeness (QED) is 0.473. The topological polar surface area (TPSA) is 82.8 Å². The van der Waals surface area contributed by atoms with E-state index < -0.39 is 0 Å². The van der Waals surface area contributed by atoms with E-state index >= 15 is 0 Å². The molecule has 6 heteroatoms. The average molecular weight is 276 g/mol. The molecule has 0 saturated heterocycles. The number of nitrogens with one attached hydrogen (secondary N) is 1. The lowest BCUT2D eigenvalue weighted by Crippen LogP contribution is -2.45. The normalized spacial score (nSPS) is 12.8. The molecule has 0 spiro atoms. The van der Waals surface area contributed by atoms with Gasteiger partial charge in [0.25, 0.3) is 0 Å². The summed E-state index contributed by atoms with van der Waals surface area (Å²) in [5, 5.41) is 3.11. The second-order valence-electron chi connectivity index (χ2n) is 4.64. The van der Waals surface area contributed by atoms with Gasteiger partial charge in [-0.2, -0.15) is 0 Å². The van der Waals surface area contributed by atoms with E-state index in [1.165, 1.54) is 0 Å². The fraction of sp³-hybridized carbons (Fsp3) is 0.923. The fourth-order valence-corrected chi connectivity index (χ4v) is 1.52. The molecule has 3 N–H and O–H groups in total. The van der Waals surface area contributed by atoms with Crippen molar-refractivity contribution in [1.82, 2.24) is 5.32 Å². The molecule has 0 fully saturated rings. The first-order valence-corrected chi connectivity index (χ1v) is 6.77. The molecule has 0 bridgehead atoms. The second kappa shape index (κ2) is 12.3. The van der Waals surface area contributed by atoms with Gasteiger partial charge in [-0.05, 0) is 12.8 Å². The molecule has 0 aromatic carbocycles. The average Bonchev–Trinajstić information content (AvgIpc) is 2.34. The van der Waals surface area contributed by atoms with Gasteiger partial charge in [-0.15, -0.1) is 0 Å². The maximum Gasteiger partial charge on any atom is 0.234 e. The minimum atomic E-state index is -0.333. The molecule has 0 aromatic heterocycles. The van der Waals surface area contributed by atoms with Gasteiger partial charge in [-0.1, -0.05) is 13.8 Å². The van der Waals surface area contributed by atoms with Crippen LogP contribution in [-0.2, 0) is 19.0 Å². The largest absolute Gasteiger partial charge is 0.382 e. The number of carbonyl (C=O) groups is 1. The van der Waals surface area contributed by atoms with E-state index in [-0.39, 0.29) is 18.0 Å². The first-order chi connectivity index (χ1) is 9.07. The Hall–Kier alpha value is -0.690. The number of methoxy groups -OCH3 is 1. The van der Waals surface area contributed by atoms with Crippen molar-refractivity contribution in [3.63, 3.8) is 0 Å². The van der Waals surface area contributed by atoms with E-state index in [0.29, 0.717) is 39.5 Å². The Morgan fingerprint density at radius 1 is 1.11 bits per heavy atom. The highest BCUT2D eigenvalue weighted by atomic mass is 16.5. The summed E-state index contributed by atoms with van der Waals surface area (Å²) >= 11 is 0. The van der Waals surface area contributed by atoms with Gasteiger partial charge in [0, 0.05) is 33.0 Å². The lowest BCUT2D eigenvalue weighted by atomic mass is 10.2. The van der Waals surface area contributed by atoms with Crippen LogP contribution in [0.15, 0.2) is 0 Å². The number of amides is 1. The van der Waals surface area contributed by atoms with E-state index in [2.05, 4.69) is 5.32 Å². The molecule has 0 rings (SSSR count). The molecule has 0 aromatic rings. The smallest absolute Gasteiger partial charge is 0.234 e. The number of hydrogen-bond acceptors (Lipinski definition) is 5. The summed E-state index contributed by atoms with van der Waals surface area (Å²) in [6.07, 6.45) is 1.43. The second-order valence-corrected chi connectivity index (χ2v) is 4.64. The molecule has 0 radical (unpaired) electrons. The van der Waals surface area contributed by atoms with Crippen LogP contribution in [0, 0.1) is 0 Å². The van der Waals surface area contributed by atoms with Crippen LogP contribution in [0.2, 0.25) is 0 Å². The van der Waals surface area contributed by atoms with Crippen molar-refractivity contribution < 1.29 is 19.0 Å². The molecule has 6 nitrogen and oxygen atoms in total. The molecular weight excluding hydrogens is 248 g/mol. The molecule has 0 aliphatic carbocycles. The summed E-state index contributed by atoms with van der Waals surface area (Å²) in [5.41, 5.74) is 5.31. The number of nitrogens with two attached hydrogens (primary N) is 1. The van der Waals surface area contributed by atoms with Crippen molar-refractivity contribution in [3.05, 3.63) is 0 Å². The number of ether oxygens (including phenoxy) is 3. The minimum Gasteiger partial charge on any atom is -0.382 e. The monoisotopic (exact) mass is 276 g/mol. The predicted molar refractivity (Wildman–Crippen MR) is 74.0 cm³/mol. The Morgan fingerprint density at radius 3 is 2.26 bits per heavy atom. The maximum atomic E-state index is 11.2. The zero-order valence-electron chi connectivity index (χ0n) is 12.3. The molecular formula is C13H28N2O4. The van der Waals surface area contributed by atoms with Crippen LogP contribution < -0.4 is 11.1 Å². The van der Waals surface area contributed by atoms with Gasteiger partial charge in [-0.3, -0.25) is 4.79 Å². The standard InChI is InChI=1S/C13H28N2O4/c1-11(2)15-12(13(14)16)5-8-18-6-4-7-19-10-9-17-3/h11-12,15H,4-10H2,1-3H3,(H2,14,16). The summed E-state index contributed by atoms with van der Waals surface area (Å²) in [7, 11) is 1.65. The lowest BCUT2D eigenvalue weighted by molar-refractivity contribution is -0.120. The third kappa shape index (κ3) is 12.1. The van der Waals surface area contributed by atoms with Gasteiger partial charge in [-0.25, -0.2) is 0 Å². The van der Waals surface area contributed by atoms with Crippen molar-refractivity contribution in [2.45, 2.75) is 38.8 Å². The number of rotatable bonds is 13. The zero-order chi connectivity index (χ0) is 14.5. The summed E-state index contributed by atoms with van der Waals surface area (Å²) in [6, 6.07) is -0.0929. The summed E-state index contributed by atoms with van der Waals surface area (Å²) < 4.78 is 15.6. The molecule has 1 amide bonds. The van der Waals surface area contributed by atoms with Crippen LogP contribution >= 0.6 is 0 Å². The number of carbonyl (C=O) groups excluding carboxylic acids is 1.